The van der Waals surface area contributed by atoms with Gasteiger partial charge in [0, 0.05) is 18.7 Å². The van der Waals surface area contributed by atoms with Crippen LogP contribution in [0.5, 0.6) is 0 Å². The minimum atomic E-state index is -0.405. The zero-order valence-electron chi connectivity index (χ0n) is 14.7. The molecule has 0 atom stereocenters. The number of aryl methyl sites for hydroxylation is 1. The van der Waals surface area contributed by atoms with Gasteiger partial charge in [-0.1, -0.05) is 24.1 Å². The summed E-state index contributed by atoms with van der Waals surface area (Å²) in [6.45, 7) is 8.33. The lowest BCUT2D eigenvalue weighted by Crippen LogP contribution is -2.23. The molecule has 0 aliphatic rings. The van der Waals surface area contributed by atoms with E-state index >= 15 is 0 Å². The van der Waals surface area contributed by atoms with Crippen molar-refractivity contribution in [3.05, 3.63) is 29.8 Å². The van der Waals surface area contributed by atoms with Crippen LogP contribution in [0.1, 0.15) is 52.0 Å². The Kier molecular flexibility index (Phi) is 7.59. The Bertz CT molecular complexity index is 516. The molecule has 1 aromatic rings. The van der Waals surface area contributed by atoms with Gasteiger partial charge in [0.05, 0.1) is 0 Å². The SMILES string of the molecule is Cc1ccc(NC(N)=NCCCCCC(=O)OC(C)(C)C)cc1. The molecule has 23 heavy (non-hydrogen) atoms. The van der Waals surface area contributed by atoms with Crippen LogP contribution in [0.4, 0.5) is 5.69 Å². The Morgan fingerprint density at radius 1 is 1.17 bits per heavy atom. The van der Waals surface area contributed by atoms with Crippen molar-refractivity contribution in [2.24, 2.45) is 10.7 Å². The molecular weight excluding hydrogens is 290 g/mol. The largest absolute Gasteiger partial charge is 0.460 e. The molecule has 0 amide bonds. The maximum atomic E-state index is 11.5. The van der Waals surface area contributed by atoms with E-state index in [0.29, 0.717) is 18.9 Å². The van der Waals surface area contributed by atoms with Crippen molar-refractivity contribution >= 4 is 17.6 Å². The van der Waals surface area contributed by atoms with Gasteiger partial charge in [-0.3, -0.25) is 9.79 Å². The van der Waals surface area contributed by atoms with Crippen LogP contribution in [-0.2, 0) is 9.53 Å². The number of carbonyl (C=O) groups is 1. The van der Waals surface area contributed by atoms with Gasteiger partial charge >= 0.3 is 5.97 Å². The highest BCUT2D eigenvalue weighted by Gasteiger charge is 2.15. The second kappa shape index (κ2) is 9.18. The highest BCUT2D eigenvalue weighted by molar-refractivity contribution is 5.92. The molecule has 0 spiro atoms. The van der Waals surface area contributed by atoms with E-state index in [-0.39, 0.29) is 5.97 Å². The summed E-state index contributed by atoms with van der Waals surface area (Å²) in [5, 5.41) is 3.06. The van der Waals surface area contributed by atoms with E-state index < -0.39 is 5.60 Å². The first-order valence-electron chi connectivity index (χ1n) is 8.12. The molecule has 1 rings (SSSR count). The smallest absolute Gasteiger partial charge is 0.306 e. The molecule has 0 unspecified atom stereocenters. The lowest BCUT2D eigenvalue weighted by molar-refractivity contribution is -0.154. The standard InChI is InChI=1S/C18H29N3O2/c1-14-9-11-15(12-10-14)21-17(19)20-13-7-5-6-8-16(22)23-18(2,3)4/h9-12H,5-8,13H2,1-4H3,(H3,19,20,21). The van der Waals surface area contributed by atoms with Gasteiger partial charge in [0.25, 0.3) is 0 Å². The van der Waals surface area contributed by atoms with Gasteiger partial charge in [0.2, 0.25) is 0 Å². The van der Waals surface area contributed by atoms with Crippen LogP contribution in [0.25, 0.3) is 0 Å². The Labute approximate surface area is 139 Å². The average Bonchev–Trinajstić information content (AvgIpc) is 2.43. The second-order valence-electron chi connectivity index (χ2n) is 6.66. The Balaban J connectivity index is 2.16. The fourth-order valence-corrected chi connectivity index (χ4v) is 1.97. The third kappa shape index (κ3) is 9.55. The maximum absolute atomic E-state index is 11.5. The van der Waals surface area contributed by atoms with Crippen LogP contribution < -0.4 is 11.1 Å². The second-order valence-corrected chi connectivity index (χ2v) is 6.66. The predicted molar refractivity (Wildman–Crippen MR) is 95.6 cm³/mol. The van der Waals surface area contributed by atoms with Gasteiger partial charge in [-0.15, -0.1) is 0 Å². The molecule has 3 N–H and O–H groups in total. The highest BCUT2D eigenvalue weighted by Crippen LogP contribution is 2.11. The molecule has 0 heterocycles. The normalized spacial score (nSPS) is 12.1. The van der Waals surface area contributed by atoms with Crippen molar-refractivity contribution < 1.29 is 9.53 Å². The van der Waals surface area contributed by atoms with Crippen molar-refractivity contribution in [1.29, 1.82) is 0 Å². The molecule has 0 bridgehead atoms. The highest BCUT2D eigenvalue weighted by atomic mass is 16.6. The number of ether oxygens (including phenoxy) is 1. The number of anilines is 1. The third-order valence-corrected chi connectivity index (χ3v) is 3.07. The molecule has 0 aliphatic carbocycles. The topological polar surface area (TPSA) is 76.7 Å². The Morgan fingerprint density at radius 2 is 1.83 bits per heavy atom. The van der Waals surface area contributed by atoms with Gasteiger partial charge < -0.3 is 15.8 Å². The van der Waals surface area contributed by atoms with Crippen molar-refractivity contribution in [1.82, 2.24) is 0 Å². The minimum absolute atomic E-state index is 0.137. The summed E-state index contributed by atoms with van der Waals surface area (Å²) in [5.41, 5.74) is 7.57. The maximum Gasteiger partial charge on any atom is 0.306 e. The van der Waals surface area contributed by atoms with E-state index in [4.69, 9.17) is 10.5 Å². The van der Waals surface area contributed by atoms with Gasteiger partial charge in [-0.2, -0.15) is 0 Å². The summed E-state index contributed by atoms with van der Waals surface area (Å²) < 4.78 is 5.26. The predicted octanol–water partition coefficient (Wildman–Crippen LogP) is 3.62. The summed E-state index contributed by atoms with van der Waals surface area (Å²) in [4.78, 5) is 15.8. The number of unbranched alkanes of at least 4 members (excludes halogenated alkanes) is 2. The molecule has 0 saturated carbocycles. The van der Waals surface area contributed by atoms with Gasteiger partial charge in [-0.05, 0) is 52.7 Å². The number of rotatable bonds is 7. The Hall–Kier alpha value is -2.04. The lowest BCUT2D eigenvalue weighted by atomic mass is 10.1. The summed E-state index contributed by atoms with van der Waals surface area (Å²) in [6, 6.07) is 7.98. The first-order chi connectivity index (χ1) is 10.8. The van der Waals surface area contributed by atoms with Crippen molar-refractivity contribution in [2.45, 2.75) is 59.0 Å². The van der Waals surface area contributed by atoms with Crippen molar-refractivity contribution in [3.8, 4) is 0 Å². The third-order valence-electron chi connectivity index (χ3n) is 3.07. The van der Waals surface area contributed by atoms with Crippen molar-refractivity contribution in [3.63, 3.8) is 0 Å². The monoisotopic (exact) mass is 319 g/mol. The molecule has 5 nitrogen and oxygen atoms in total. The number of nitrogens with one attached hydrogen (secondary N) is 1. The van der Waals surface area contributed by atoms with Crippen LogP contribution in [0.2, 0.25) is 0 Å². The van der Waals surface area contributed by atoms with Crippen LogP contribution >= 0.6 is 0 Å². The number of benzene rings is 1. The van der Waals surface area contributed by atoms with E-state index in [9.17, 15) is 4.79 Å². The number of nitrogens with two attached hydrogens (primary N) is 1. The van der Waals surface area contributed by atoms with Crippen LogP contribution in [0.3, 0.4) is 0 Å². The molecule has 0 aliphatic heterocycles. The Morgan fingerprint density at radius 3 is 2.43 bits per heavy atom. The van der Waals surface area contributed by atoms with Crippen molar-refractivity contribution in [2.75, 3.05) is 11.9 Å². The first kappa shape index (κ1) is 19.0. The molecule has 0 fully saturated rings. The number of esters is 1. The lowest BCUT2D eigenvalue weighted by Gasteiger charge is -2.19. The van der Waals surface area contributed by atoms with E-state index in [1.807, 2.05) is 52.0 Å². The molecule has 128 valence electrons. The van der Waals surface area contributed by atoms with E-state index in [2.05, 4.69) is 10.3 Å². The zero-order chi connectivity index (χ0) is 17.3. The van der Waals surface area contributed by atoms with Crippen LogP contribution in [0, 0.1) is 6.92 Å². The van der Waals surface area contributed by atoms with Crippen LogP contribution in [-0.4, -0.2) is 24.1 Å². The quantitative estimate of drug-likeness (QED) is 0.348. The summed E-state index contributed by atoms with van der Waals surface area (Å²) >= 11 is 0. The van der Waals surface area contributed by atoms with E-state index in [0.717, 1.165) is 24.9 Å². The van der Waals surface area contributed by atoms with E-state index in [1.165, 1.54) is 5.56 Å². The molecule has 0 saturated heterocycles. The number of guanidine groups is 1. The number of hydrogen-bond acceptors (Lipinski definition) is 3. The number of hydrogen-bond donors (Lipinski definition) is 2. The van der Waals surface area contributed by atoms with Crippen LogP contribution in [0.15, 0.2) is 29.3 Å². The number of aliphatic imine (C=N–C) groups is 1. The summed E-state index contributed by atoms with van der Waals surface area (Å²) in [6.07, 6.45) is 3.10. The fourth-order valence-electron chi connectivity index (χ4n) is 1.97. The molecular formula is C18H29N3O2. The molecule has 0 radical (unpaired) electrons. The number of nitrogens with zero attached hydrogens (tertiary/aromatic N) is 1. The van der Waals surface area contributed by atoms with Gasteiger partial charge in [-0.25, -0.2) is 0 Å². The summed E-state index contributed by atoms with van der Waals surface area (Å²) in [7, 11) is 0. The van der Waals surface area contributed by atoms with Gasteiger partial charge in [0.1, 0.15) is 5.60 Å². The summed E-state index contributed by atoms with van der Waals surface area (Å²) in [5.74, 6) is 0.280. The molecule has 0 aromatic heterocycles. The van der Waals surface area contributed by atoms with Gasteiger partial charge in [0.15, 0.2) is 5.96 Å². The zero-order valence-corrected chi connectivity index (χ0v) is 14.7. The fraction of sp³-hybridized carbons (Fsp3) is 0.556. The first-order valence-corrected chi connectivity index (χ1v) is 8.12. The molecule has 5 heteroatoms. The average molecular weight is 319 g/mol. The molecule has 1 aromatic carbocycles. The number of carbonyl (C=O) groups excluding carboxylic acids is 1. The van der Waals surface area contributed by atoms with E-state index in [1.54, 1.807) is 0 Å². The minimum Gasteiger partial charge on any atom is -0.460 e.